The number of carbonyl (C=O) groups is 1. The number of alkyl halides is 3. The van der Waals surface area contributed by atoms with Gasteiger partial charge in [0, 0.05) is 25.7 Å². The largest absolute Gasteiger partial charge is 0.491 e. The van der Waals surface area contributed by atoms with Gasteiger partial charge in [0.1, 0.15) is 18.5 Å². The lowest BCUT2D eigenvalue weighted by atomic mass is 10.00. The van der Waals surface area contributed by atoms with Crippen LogP contribution in [0.15, 0.2) is 24.3 Å². The minimum Gasteiger partial charge on any atom is -0.491 e. The highest BCUT2D eigenvalue weighted by Gasteiger charge is 2.30. The first-order valence-electron chi connectivity index (χ1n) is 10.6. The van der Waals surface area contributed by atoms with Crippen molar-refractivity contribution in [2.45, 2.75) is 39.0 Å². The summed E-state index contributed by atoms with van der Waals surface area (Å²) in [5.41, 5.74) is 2.60. The minimum atomic E-state index is -4.43. The lowest BCUT2D eigenvalue weighted by molar-refractivity contribution is -0.137. The number of halogens is 3. The lowest BCUT2D eigenvalue weighted by Gasteiger charge is -2.15. The summed E-state index contributed by atoms with van der Waals surface area (Å²) in [7, 11) is 3.33. The lowest BCUT2D eigenvalue weighted by Crippen LogP contribution is -2.35. The Labute approximate surface area is 194 Å². The Kier molecular flexibility index (Phi) is 7.65. The first kappa shape index (κ1) is 25.3. The molecule has 0 aliphatic rings. The molecule has 2 heterocycles. The molecule has 2 N–H and O–H groups in total. The molecule has 3 rings (SSSR count). The minimum absolute atomic E-state index is 0.0505. The fourth-order valence-electron chi connectivity index (χ4n) is 3.66. The van der Waals surface area contributed by atoms with Crippen molar-refractivity contribution in [1.29, 1.82) is 0 Å². The molecule has 0 saturated carbocycles. The Bertz CT molecular complexity index is 1160. The van der Waals surface area contributed by atoms with Crippen LogP contribution in [0.25, 0.3) is 11.0 Å². The van der Waals surface area contributed by atoms with Crippen LogP contribution in [0.2, 0.25) is 0 Å². The number of methoxy groups -OCH3 is 1. The molecule has 1 aromatic carbocycles. The van der Waals surface area contributed by atoms with Crippen LogP contribution in [0, 0.1) is 13.8 Å². The van der Waals surface area contributed by atoms with E-state index in [-0.39, 0.29) is 31.2 Å². The van der Waals surface area contributed by atoms with E-state index in [1.807, 2.05) is 13.8 Å². The Morgan fingerprint density at radius 2 is 1.91 bits per heavy atom. The molecule has 0 saturated heterocycles. The second-order valence-corrected chi connectivity index (χ2v) is 7.92. The van der Waals surface area contributed by atoms with Crippen molar-refractivity contribution in [3.63, 3.8) is 0 Å². The highest BCUT2D eigenvalue weighted by molar-refractivity contribution is 5.86. The van der Waals surface area contributed by atoms with Crippen LogP contribution in [0.1, 0.15) is 28.8 Å². The predicted molar refractivity (Wildman–Crippen MR) is 119 cm³/mol. The van der Waals surface area contributed by atoms with Gasteiger partial charge < -0.3 is 19.9 Å². The van der Waals surface area contributed by atoms with Gasteiger partial charge in [0.2, 0.25) is 11.8 Å². The van der Waals surface area contributed by atoms with Gasteiger partial charge in [-0.25, -0.2) is 9.67 Å². The molecule has 0 radical (unpaired) electrons. The van der Waals surface area contributed by atoms with Crippen LogP contribution in [-0.2, 0) is 24.4 Å². The number of pyridine rings is 1. The van der Waals surface area contributed by atoms with Crippen LogP contribution >= 0.6 is 0 Å². The first-order valence-corrected chi connectivity index (χ1v) is 10.6. The average Bonchev–Trinajstić information content (AvgIpc) is 3.11. The van der Waals surface area contributed by atoms with Gasteiger partial charge >= 0.3 is 6.18 Å². The van der Waals surface area contributed by atoms with Gasteiger partial charge in [-0.1, -0.05) is 0 Å². The third-order valence-electron chi connectivity index (χ3n) is 5.48. The molecular formula is C23H27F3N4O4. The number of aromatic nitrogens is 3. The summed E-state index contributed by atoms with van der Waals surface area (Å²) < 4.78 is 50.1. The van der Waals surface area contributed by atoms with Crippen molar-refractivity contribution >= 4 is 16.9 Å². The number of aliphatic hydroxyl groups excluding tert-OH is 1. The van der Waals surface area contributed by atoms with Crippen molar-refractivity contribution in [2.75, 3.05) is 20.3 Å². The first-order chi connectivity index (χ1) is 16.0. The SMILES string of the molecule is COc1nn(C)c2nc(C)c(CCC(=O)NCC(O)COc3ccc(C(F)(F)F)cc3)c(C)c12. The normalized spacial score (nSPS) is 12.6. The molecule has 2 aromatic heterocycles. The average molecular weight is 480 g/mol. The molecule has 3 aromatic rings. The zero-order valence-electron chi connectivity index (χ0n) is 19.4. The van der Waals surface area contributed by atoms with Gasteiger partial charge in [-0.15, -0.1) is 5.10 Å². The molecule has 0 aliphatic carbocycles. The zero-order chi connectivity index (χ0) is 25.0. The summed E-state index contributed by atoms with van der Waals surface area (Å²) in [4.78, 5) is 16.9. The molecule has 184 valence electrons. The van der Waals surface area contributed by atoms with E-state index in [2.05, 4.69) is 15.4 Å². The number of rotatable bonds is 9. The number of nitrogens with zero attached hydrogens (tertiary/aromatic N) is 3. The van der Waals surface area contributed by atoms with Crippen molar-refractivity contribution in [1.82, 2.24) is 20.1 Å². The monoisotopic (exact) mass is 480 g/mol. The maximum atomic E-state index is 12.6. The summed E-state index contributed by atoms with van der Waals surface area (Å²) in [6.07, 6.45) is -4.81. The van der Waals surface area contributed by atoms with E-state index in [0.29, 0.717) is 17.9 Å². The van der Waals surface area contributed by atoms with Crippen molar-refractivity contribution in [3.05, 3.63) is 46.6 Å². The van der Waals surface area contributed by atoms with Crippen molar-refractivity contribution < 1.29 is 32.5 Å². The van der Waals surface area contributed by atoms with E-state index < -0.39 is 17.8 Å². The van der Waals surface area contributed by atoms with E-state index in [0.717, 1.165) is 34.3 Å². The number of fused-ring (bicyclic) bond motifs is 1. The molecule has 0 fully saturated rings. The molecule has 1 unspecified atom stereocenters. The predicted octanol–water partition coefficient (Wildman–Crippen LogP) is 3.10. The van der Waals surface area contributed by atoms with E-state index in [4.69, 9.17) is 9.47 Å². The second kappa shape index (κ2) is 10.3. The number of ether oxygens (including phenoxy) is 2. The standard InChI is InChI=1S/C23H27F3N4O4/c1-13-18(14(2)28-21-20(13)22(33-4)29-30(21)3)9-10-19(32)27-11-16(31)12-34-17-7-5-15(6-8-17)23(24,25)26/h5-8,16,31H,9-12H2,1-4H3,(H,27,32). The van der Waals surface area contributed by atoms with Gasteiger partial charge in [-0.3, -0.25) is 4.79 Å². The molecule has 34 heavy (non-hydrogen) atoms. The number of hydrogen-bond donors (Lipinski definition) is 2. The number of amides is 1. The highest BCUT2D eigenvalue weighted by atomic mass is 19.4. The van der Waals surface area contributed by atoms with Crippen LogP contribution < -0.4 is 14.8 Å². The Balaban J connectivity index is 1.50. The summed E-state index contributed by atoms with van der Waals surface area (Å²) >= 11 is 0. The Hall–Kier alpha value is -3.34. The second-order valence-electron chi connectivity index (χ2n) is 7.92. The van der Waals surface area contributed by atoms with E-state index in [1.54, 1.807) is 18.8 Å². The molecule has 8 nitrogen and oxygen atoms in total. The number of benzene rings is 1. The summed E-state index contributed by atoms with van der Waals surface area (Å²) in [5, 5.41) is 17.8. The van der Waals surface area contributed by atoms with Crippen LogP contribution in [0.5, 0.6) is 11.6 Å². The fourth-order valence-corrected chi connectivity index (χ4v) is 3.66. The van der Waals surface area contributed by atoms with E-state index in [9.17, 15) is 23.1 Å². The summed E-state index contributed by atoms with van der Waals surface area (Å²) in [6, 6.07) is 4.17. The molecule has 1 amide bonds. The molecular weight excluding hydrogens is 453 g/mol. The Morgan fingerprint density at radius 3 is 2.53 bits per heavy atom. The number of carbonyl (C=O) groups excluding carboxylic acids is 1. The van der Waals surface area contributed by atoms with Crippen LogP contribution in [0.3, 0.4) is 0 Å². The smallest absolute Gasteiger partial charge is 0.416 e. The molecule has 1 atom stereocenters. The quantitative estimate of drug-likeness (QED) is 0.489. The zero-order valence-corrected chi connectivity index (χ0v) is 19.4. The highest BCUT2D eigenvalue weighted by Crippen LogP contribution is 2.31. The third kappa shape index (κ3) is 5.77. The van der Waals surface area contributed by atoms with Gasteiger partial charge in [0.05, 0.1) is 18.1 Å². The maximum absolute atomic E-state index is 12.6. The van der Waals surface area contributed by atoms with Gasteiger partial charge in [-0.05, 0) is 55.7 Å². The maximum Gasteiger partial charge on any atom is 0.416 e. The number of aliphatic hydroxyl groups is 1. The van der Waals surface area contributed by atoms with Crippen molar-refractivity contribution in [3.8, 4) is 11.6 Å². The van der Waals surface area contributed by atoms with Crippen molar-refractivity contribution in [2.24, 2.45) is 7.05 Å². The van der Waals surface area contributed by atoms with E-state index in [1.165, 1.54) is 12.1 Å². The Morgan fingerprint density at radius 1 is 1.24 bits per heavy atom. The van der Waals surface area contributed by atoms with Crippen LogP contribution in [0.4, 0.5) is 13.2 Å². The van der Waals surface area contributed by atoms with E-state index >= 15 is 0 Å². The van der Waals surface area contributed by atoms with Gasteiger partial charge in [0.15, 0.2) is 5.65 Å². The van der Waals surface area contributed by atoms with Gasteiger partial charge in [-0.2, -0.15) is 13.2 Å². The molecule has 0 spiro atoms. The topological polar surface area (TPSA) is 98.5 Å². The molecule has 0 aliphatic heterocycles. The number of hydrogen-bond acceptors (Lipinski definition) is 6. The molecule has 0 bridgehead atoms. The third-order valence-corrected chi connectivity index (χ3v) is 5.48. The summed E-state index contributed by atoms with van der Waals surface area (Å²) in [5.74, 6) is 0.410. The van der Waals surface area contributed by atoms with Gasteiger partial charge in [0.25, 0.3) is 0 Å². The molecule has 11 heteroatoms. The number of aryl methyl sites for hydroxylation is 3. The summed E-state index contributed by atoms with van der Waals surface area (Å²) in [6.45, 7) is 3.59. The fraction of sp³-hybridized carbons (Fsp3) is 0.435. The van der Waals surface area contributed by atoms with Crippen LogP contribution in [-0.4, -0.2) is 52.1 Å². The number of nitrogens with one attached hydrogen (secondary N) is 1.